The summed E-state index contributed by atoms with van der Waals surface area (Å²) in [5.41, 5.74) is 1.32. The molecule has 1 fully saturated rings. The van der Waals surface area contributed by atoms with Gasteiger partial charge in [-0.2, -0.15) is 0 Å². The van der Waals surface area contributed by atoms with E-state index in [9.17, 15) is 0 Å². The SMILES string of the molecule is C(=C1SCCCCS1)c1ccccc1. The van der Waals surface area contributed by atoms with Crippen LogP contribution in [0.25, 0.3) is 6.08 Å². The lowest BCUT2D eigenvalue weighted by Gasteiger charge is -2.01. The van der Waals surface area contributed by atoms with Crippen LogP contribution in [0.2, 0.25) is 0 Å². The monoisotopic (exact) mass is 222 g/mol. The third-order valence-electron chi connectivity index (χ3n) is 2.11. The van der Waals surface area contributed by atoms with Crippen LogP contribution in [0.4, 0.5) is 0 Å². The maximum absolute atomic E-state index is 2.31. The molecule has 0 amide bonds. The van der Waals surface area contributed by atoms with Gasteiger partial charge in [-0.05, 0) is 36.0 Å². The van der Waals surface area contributed by atoms with Gasteiger partial charge in [-0.1, -0.05) is 30.3 Å². The summed E-state index contributed by atoms with van der Waals surface area (Å²) in [7, 11) is 0. The highest BCUT2D eigenvalue weighted by molar-refractivity contribution is 8.22. The Morgan fingerprint density at radius 3 is 2.21 bits per heavy atom. The molecule has 0 aliphatic carbocycles. The number of thioether (sulfide) groups is 2. The lowest BCUT2D eigenvalue weighted by Crippen LogP contribution is -1.74. The summed E-state index contributed by atoms with van der Waals surface area (Å²) in [6.45, 7) is 0. The van der Waals surface area contributed by atoms with Gasteiger partial charge in [-0.15, -0.1) is 23.5 Å². The number of benzene rings is 1. The second-order valence-corrected chi connectivity index (χ2v) is 5.81. The molecule has 1 aromatic rings. The van der Waals surface area contributed by atoms with Crippen molar-refractivity contribution < 1.29 is 0 Å². The molecule has 0 nitrogen and oxygen atoms in total. The second kappa shape index (κ2) is 5.52. The van der Waals surface area contributed by atoms with Crippen molar-refractivity contribution >= 4 is 29.6 Å². The molecule has 0 atom stereocenters. The van der Waals surface area contributed by atoms with Gasteiger partial charge in [0.1, 0.15) is 0 Å². The smallest absolute Gasteiger partial charge is 0.0406 e. The van der Waals surface area contributed by atoms with E-state index in [0.29, 0.717) is 0 Å². The normalized spacial score (nSPS) is 17.6. The van der Waals surface area contributed by atoms with E-state index in [2.05, 4.69) is 36.4 Å². The summed E-state index contributed by atoms with van der Waals surface area (Å²) >= 11 is 4.01. The topological polar surface area (TPSA) is 0 Å². The van der Waals surface area contributed by atoms with Gasteiger partial charge in [0.15, 0.2) is 0 Å². The summed E-state index contributed by atoms with van der Waals surface area (Å²) in [5.74, 6) is 2.57. The van der Waals surface area contributed by atoms with Crippen LogP contribution in [0.15, 0.2) is 34.6 Å². The minimum atomic E-state index is 1.28. The van der Waals surface area contributed by atoms with Gasteiger partial charge in [-0.25, -0.2) is 0 Å². The van der Waals surface area contributed by atoms with Crippen LogP contribution in [0.3, 0.4) is 0 Å². The molecule has 0 radical (unpaired) electrons. The molecule has 2 heteroatoms. The minimum absolute atomic E-state index is 1.28. The van der Waals surface area contributed by atoms with Gasteiger partial charge < -0.3 is 0 Å². The van der Waals surface area contributed by atoms with Crippen molar-refractivity contribution in [3.8, 4) is 0 Å². The third kappa shape index (κ3) is 3.10. The van der Waals surface area contributed by atoms with E-state index in [1.165, 1.54) is 34.1 Å². The molecule has 1 heterocycles. The summed E-state index contributed by atoms with van der Waals surface area (Å²) in [4.78, 5) is 0. The quantitative estimate of drug-likeness (QED) is 0.697. The highest BCUT2D eigenvalue weighted by atomic mass is 32.2. The van der Waals surface area contributed by atoms with Crippen molar-refractivity contribution in [2.24, 2.45) is 0 Å². The minimum Gasteiger partial charge on any atom is -0.119 e. The van der Waals surface area contributed by atoms with Gasteiger partial charge in [0.25, 0.3) is 0 Å². The molecule has 0 bridgehead atoms. The standard InChI is InChI=1S/C12H14S2/c1-2-6-11(7-3-1)10-12-13-8-4-5-9-14-12/h1-3,6-7,10H,4-5,8-9H2. The van der Waals surface area contributed by atoms with Gasteiger partial charge in [-0.3, -0.25) is 0 Å². The first-order valence-corrected chi connectivity index (χ1v) is 6.94. The van der Waals surface area contributed by atoms with Crippen LogP contribution >= 0.6 is 23.5 Å². The van der Waals surface area contributed by atoms with Gasteiger partial charge >= 0.3 is 0 Å². The predicted octanol–water partition coefficient (Wildman–Crippen LogP) is 4.25. The fraction of sp³-hybridized carbons (Fsp3) is 0.333. The molecule has 74 valence electrons. The van der Waals surface area contributed by atoms with Crippen molar-refractivity contribution in [3.05, 3.63) is 40.1 Å². The van der Waals surface area contributed by atoms with Crippen LogP contribution in [0.1, 0.15) is 18.4 Å². The Balaban J connectivity index is 2.09. The van der Waals surface area contributed by atoms with E-state index in [-0.39, 0.29) is 0 Å². The Bertz CT molecular complexity index is 293. The lowest BCUT2D eigenvalue weighted by molar-refractivity contribution is 0.912. The number of hydrogen-bond donors (Lipinski definition) is 0. The molecule has 1 aliphatic rings. The van der Waals surface area contributed by atoms with E-state index in [4.69, 9.17) is 0 Å². The Hall–Kier alpha value is -0.340. The summed E-state index contributed by atoms with van der Waals surface area (Å²) < 4.78 is 1.48. The van der Waals surface area contributed by atoms with Crippen LogP contribution in [0.5, 0.6) is 0 Å². The van der Waals surface area contributed by atoms with Crippen molar-refractivity contribution in [3.63, 3.8) is 0 Å². The molecule has 0 saturated carbocycles. The van der Waals surface area contributed by atoms with Crippen molar-refractivity contribution in [2.75, 3.05) is 11.5 Å². The maximum atomic E-state index is 2.31. The highest BCUT2D eigenvalue weighted by Gasteiger charge is 2.04. The summed E-state index contributed by atoms with van der Waals surface area (Å²) in [6.07, 6.45) is 5.04. The molecule has 1 saturated heterocycles. The first-order chi connectivity index (χ1) is 6.95. The van der Waals surface area contributed by atoms with Crippen LogP contribution in [-0.4, -0.2) is 11.5 Å². The molecule has 0 unspecified atom stereocenters. The zero-order valence-electron chi connectivity index (χ0n) is 8.11. The molecular weight excluding hydrogens is 208 g/mol. The molecule has 14 heavy (non-hydrogen) atoms. The van der Waals surface area contributed by atoms with E-state index >= 15 is 0 Å². The molecule has 2 rings (SSSR count). The Kier molecular flexibility index (Phi) is 4.02. The largest absolute Gasteiger partial charge is 0.119 e. The molecule has 0 spiro atoms. The molecule has 1 aromatic carbocycles. The first kappa shape index (κ1) is 10.2. The molecular formula is C12H14S2. The lowest BCUT2D eigenvalue weighted by atomic mass is 10.2. The zero-order chi connectivity index (χ0) is 9.64. The van der Waals surface area contributed by atoms with Crippen molar-refractivity contribution in [1.29, 1.82) is 0 Å². The van der Waals surface area contributed by atoms with Gasteiger partial charge in [0.2, 0.25) is 0 Å². The maximum Gasteiger partial charge on any atom is 0.0406 e. The number of hydrogen-bond acceptors (Lipinski definition) is 2. The fourth-order valence-electron chi connectivity index (χ4n) is 1.36. The molecule has 1 aliphatic heterocycles. The summed E-state index contributed by atoms with van der Waals surface area (Å²) in [5, 5.41) is 0. The molecule has 0 aromatic heterocycles. The Labute approximate surface area is 94.2 Å². The predicted molar refractivity (Wildman–Crippen MR) is 68.6 cm³/mol. The van der Waals surface area contributed by atoms with E-state index in [0.717, 1.165) is 0 Å². The zero-order valence-corrected chi connectivity index (χ0v) is 9.74. The Morgan fingerprint density at radius 1 is 0.929 bits per heavy atom. The average molecular weight is 222 g/mol. The molecule has 0 N–H and O–H groups in total. The van der Waals surface area contributed by atoms with Crippen molar-refractivity contribution in [2.45, 2.75) is 12.8 Å². The van der Waals surface area contributed by atoms with Gasteiger partial charge in [0, 0.05) is 4.24 Å². The van der Waals surface area contributed by atoms with E-state index < -0.39 is 0 Å². The van der Waals surface area contributed by atoms with Crippen molar-refractivity contribution in [1.82, 2.24) is 0 Å². The van der Waals surface area contributed by atoms with E-state index in [1.54, 1.807) is 0 Å². The fourth-order valence-corrected chi connectivity index (χ4v) is 3.73. The van der Waals surface area contributed by atoms with Crippen LogP contribution in [-0.2, 0) is 0 Å². The van der Waals surface area contributed by atoms with E-state index in [1.807, 2.05) is 23.5 Å². The number of rotatable bonds is 1. The first-order valence-electron chi connectivity index (χ1n) is 4.97. The van der Waals surface area contributed by atoms with Gasteiger partial charge in [0.05, 0.1) is 0 Å². The average Bonchev–Trinajstić information content (AvgIpc) is 2.48. The third-order valence-corrected chi connectivity index (χ3v) is 4.61. The second-order valence-electron chi connectivity index (χ2n) is 3.28. The Morgan fingerprint density at radius 2 is 1.57 bits per heavy atom. The van der Waals surface area contributed by atoms with Crippen LogP contribution < -0.4 is 0 Å². The highest BCUT2D eigenvalue weighted by Crippen LogP contribution is 2.34. The summed E-state index contributed by atoms with van der Waals surface area (Å²) in [6, 6.07) is 10.6. The van der Waals surface area contributed by atoms with Crippen LogP contribution in [0, 0.1) is 0 Å².